The molecule has 1 aromatic heterocycles. The van der Waals surface area contributed by atoms with Crippen LogP contribution in [0.3, 0.4) is 0 Å². The first-order valence-corrected chi connectivity index (χ1v) is 8.20. The molecule has 18 heavy (non-hydrogen) atoms. The van der Waals surface area contributed by atoms with Gasteiger partial charge in [0, 0.05) is 18.1 Å². The van der Waals surface area contributed by atoms with Crippen LogP contribution in [0.5, 0.6) is 0 Å². The van der Waals surface area contributed by atoms with Crippen LogP contribution < -0.4 is 0 Å². The van der Waals surface area contributed by atoms with Crippen molar-refractivity contribution >= 4 is 11.8 Å². The van der Waals surface area contributed by atoms with E-state index in [2.05, 4.69) is 11.9 Å². The molecule has 0 aliphatic rings. The summed E-state index contributed by atoms with van der Waals surface area (Å²) in [5.74, 6) is 2.00. The van der Waals surface area contributed by atoms with E-state index >= 15 is 0 Å². The fourth-order valence-corrected chi connectivity index (χ4v) is 2.85. The molecule has 0 saturated heterocycles. The molecule has 4 heteroatoms. The van der Waals surface area contributed by atoms with Crippen LogP contribution in [0.4, 0.5) is 0 Å². The zero-order valence-electron chi connectivity index (χ0n) is 11.4. The second-order valence-corrected chi connectivity index (χ2v) is 5.91. The minimum Gasteiger partial charge on any atom is -0.390 e. The van der Waals surface area contributed by atoms with E-state index in [-0.39, 0.29) is 6.10 Å². The van der Waals surface area contributed by atoms with Crippen molar-refractivity contribution in [1.82, 2.24) is 9.55 Å². The minimum absolute atomic E-state index is 0.260. The minimum atomic E-state index is -0.260. The number of hydrogen-bond acceptors (Lipinski definition) is 3. The third-order valence-corrected chi connectivity index (χ3v) is 4.13. The number of unbranched alkanes of at least 4 members (excludes halogenated alkanes) is 5. The molecule has 0 aromatic carbocycles. The van der Waals surface area contributed by atoms with Crippen molar-refractivity contribution in [2.75, 3.05) is 11.5 Å². The summed E-state index contributed by atoms with van der Waals surface area (Å²) >= 11 is 1.86. The Morgan fingerprint density at radius 1 is 1.22 bits per heavy atom. The fraction of sp³-hybridized carbons (Fsp3) is 0.786. The number of aromatic nitrogens is 2. The summed E-state index contributed by atoms with van der Waals surface area (Å²) in [6.07, 6.45) is 13.2. The first-order valence-electron chi connectivity index (χ1n) is 7.04. The van der Waals surface area contributed by atoms with Gasteiger partial charge in [-0.3, -0.25) is 0 Å². The second-order valence-electron chi connectivity index (χ2n) is 4.76. The lowest BCUT2D eigenvalue weighted by molar-refractivity contribution is 0.178. The normalized spacial score (nSPS) is 12.8. The van der Waals surface area contributed by atoms with Gasteiger partial charge in [-0.25, -0.2) is 4.98 Å². The van der Waals surface area contributed by atoms with Crippen LogP contribution in [0.1, 0.15) is 45.4 Å². The van der Waals surface area contributed by atoms with Crippen molar-refractivity contribution in [3.05, 3.63) is 18.7 Å². The molecule has 0 saturated carbocycles. The lowest BCUT2D eigenvalue weighted by Crippen LogP contribution is -2.17. The molecule has 104 valence electrons. The lowest BCUT2D eigenvalue weighted by Gasteiger charge is -2.10. The molecule has 0 amide bonds. The molecule has 0 aliphatic carbocycles. The quantitative estimate of drug-likeness (QED) is 0.627. The van der Waals surface area contributed by atoms with Crippen LogP contribution in [-0.2, 0) is 6.54 Å². The van der Waals surface area contributed by atoms with Crippen molar-refractivity contribution in [2.45, 2.75) is 58.1 Å². The van der Waals surface area contributed by atoms with Gasteiger partial charge >= 0.3 is 0 Å². The van der Waals surface area contributed by atoms with Crippen LogP contribution in [0.25, 0.3) is 0 Å². The highest BCUT2D eigenvalue weighted by Gasteiger charge is 2.04. The second kappa shape index (κ2) is 10.4. The molecule has 3 nitrogen and oxygen atoms in total. The third-order valence-electron chi connectivity index (χ3n) is 2.93. The predicted octanol–water partition coefficient (Wildman–Crippen LogP) is 3.34. The molecule has 0 spiro atoms. The van der Waals surface area contributed by atoms with E-state index in [9.17, 15) is 5.11 Å². The number of hydrogen-bond donors (Lipinski definition) is 1. The number of rotatable bonds is 11. The smallest absolute Gasteiger partial charge is 0.0946 e. The average Bonchev–Trinajstić information content (AvgIpc) is 2.85. The van der Waals surface area contributed by atoms with Gasteiger partial charge < -0.3 is 9.67 Å². The molecule has 1 unspecified atom stereocenters. The number of nitrogens with zero attached hydrogens (tertiary/aromatic N) is 2. The van der Waals surface area contributed by atoms with Gasteiger partial charge in [0.15, 0.2) is 0 Å². The molecular weight excluding hydrogens is 244 g/mol. The summed E-state index contributed by atoms with van der Waals surface area (Å²) in [6.45, 7) is 2.90. The van der Waals surface area contributed by atoms with E-state index in [1.165, 1.54) is 44.3 Å². The highest BCUT2D eigenvalue weighted by Crippen LogP contribution is 2.11. The molecule has 1 aromatic rings. The highest BCUT2D eigenvalue weighted by molar-refractivity contribution is 7.99. The van der Waals surface area contributed by atoms with Gasteiger partial charge in [-0.15, -0.1) is 0 Å². The number of aliphatic hydroxyl groups is 1. The molecular formula is C14H26N2OS. The van der Waals surface area contributed by atoms with Gasteiger partial charge in [0.25, 0.3) is 0 Å². The fourth-order valence-electron chi connectivity index (χ4n) is 1.89. The molecule has 0 fully saturated rings. The first kappa shape index (κ1) is 15.6. The summed E-state index contributed by atoms with van der Waals surface area (Å²) < 4.78 is 1.93. The Labute approximate surface area is 115 Å². The molecule has 0 radical (unpaired) electrons. The maximum absolute atomic E-state index is 9.82. The van der Waals surface area contributed by atoms with E-state index in [1.807, 2.05) is 22.5 Å². The summed E-state index contributed by atoms with van der Waals surface area (Å²) in [4.78, 5) is 3.97. The average molecular weight is 270 g/mol. The van der Waals surface area contributed by atoms with Crippen molar-refractivity contribution in [3.8, 4) is 0 Å². The lowest BCUT2D eigenvalue weighted by atomic mass is 10.1. The predicted molar refractivity (Wildman–Crippen MR) is 78.9 cm³/mol. The summed E-state index contributed by atoms with van der Waals surface area (Å²) in [5, 5.41) is 9.82. The van der Waals surface area contributed by atoms with E-state index in [0.29, 0.717) is 6.54 Å². The van der Waals surface area contributed by atoms with Gasteiger partial charge in [0.1, 0.15) is 0 Å². The Bertz CT molecular complexity index is 277. The van der Waals surface area contributed by atoms with E-state index < -0.39 is 0 Å². The molecule has 1 N–H and O–H groups in total. The van der Waals surface area contributed by atoms with E-state index in [1.54, 1.807) is 12.5 Å². The third kappa shape index (κ3) is 7.77. The zero-order chi connectivity index (χ0) is 13.1. The highest BCUT2D eigenvalue weighted by atomic mass is 32.2. The van der Waals surface area contributed by atoms with Crippen LogP contribution in [0.15, 0.2) is 18.7 Å². The monoisotopic (exact) mass is 270 g/mol. The topological polar surface area (TPSA) is 38.0 Å². The van der Waals surface area contributed by atoms with Gasteiger partial charge in [-0.05, 0) is 12.2 Å². The van der Waals surface area contributed by atoms with Crippen molar-refractivity contribution in [2.24, 2.45) is 0 Å². The van der Waals surface area contributed by atoms with Crippen molar-refractivity contribution in [3.63, 3.8) is 0 Å². The maximum Gasteiger partial charge on any atom is 0.0946 e. The van der Waals surface area contributed by atoms with Crippen LogP contribution in [0.2, 0.25) is 0 Å². The SMILES string of the molecule is CCCCCCCCSCC(O)Cn1ccnc1. The van der Waals surface area contributed by atoms with Gasteiger partial charge in [-0.2, -0.15) is 11.8 Å². The molecule has 1 heterocycles. The van der Waals surface area contributed by atoms with E-state index in [4.69, 9.17) is 0 Å². The standard InChI is InChI=1S/C14H26N2OS/c1-2-3-4-5-6-7-10-18-12-14(17)11-16-9-8-15-13-16/h8-9,13-14,17H,2-7,10-12H2,1H3. The van der Waals surface area contributed by atoms with Gasteiger partial charge in [0.2, 0.25) is 0 Å². The Hall–Kier alpha value is -0.480. The maximum atomic E-state index is 9.82. The number of imidazole rings is 1. The van der Waals surface area contributed by atoms with Crippen LogP contribution in [-0.4, -0.2) is 32.3 Å². The Kier molecular flexibility index (Phi) is 9.04. The largest absolute Gasteiger partial charge is 0.390 e. The zero-order valence-corrected chi connectivity index (χ0v) is 12.2. The first-order chi connectivity index (χ1) is 8.83. The van der Waals surface area contributed by atoms with Gasteiger partial charge in [-0.1, -0.05) is 39.0 Å². The molecule has 1 rings (SSSR count). The summed E-state index contributed by atoms with van der Waals surface area (Å²) in [5.41, 5.74) is 0. The molecule has 0 aliphatic heterocycles. The van der Waals surface area contributed by atoms with Crippen LogP contribution >= 0.6 is 11.8 Å². The molecule has 1 atom stereocenters. The Morgan fingerprint density at radius 3 is 2.72 bits per heavy atom. The molecule has 0 bridgehead atoms. The van der Waals surface area contributed by atoms with Crippen molar-refractivity contribution < 1.29 is 5.11 Å². The number of thioether (sulfide) groups is 1. The van der Waals surface area contributed by atoms with E-state index in [0.717, 1.165) is 5.75 Å². The summed E-state index contributed by atoms with van der Waals surface area (Å²) in [7, 11) is 0. The van der Waals surface area contributed by atoms with Crippen molar-refractivity contribution in [1.29, 1.82) is 0 Å². The Morgan fingerprint density at radius 2 is 2.00 bits per heavy atom. The number of aliphatic hydroxyl groups excluding tert-OH is 1. The van der Waals surface area contributed by atoms with Crippen LogP contribution in [0, 0.1) is 0 Å². The summed E-state index contributed by atoms with van der Waals surface area (Å²) in [6, 6.07) is 0. The Balaban J connectivity index is 1.88. The van der Waals surface area contributed by atoms with Gasteiger partial charge in [0.05, 0.1) is 19.0 Å².